The molecule has 0 radical (unpaired) electrons. The molecule has 0 atom stereocenters. The second-order valence-electron chi connectivity index (χ2n) is 5.43. The van der Waals surface area contributed by atoms with Gasteiger partial charge in [-0.05, 0) is 32.9 Å². The third-order valence-corrected chi connectivity index (χ3v) is 2.40. The highest BCUT2D eigenvalue weighted by Crippen LogP contribution is 2.25. The first-order valence-corrected chi connectivity index (χ1v) is 6.60. The molecule has 0 aliphatic heterocycles. The predicted molar refractivity (Wildman–Crippen MR) is 80.6 cm³/mol. The fraction of sp³-hybridized carbons (Fsp3) is 0.400. The average molecular weight is 305 g/mol. The van der Waals surface area contributed by atoms with Crippen LogP contribution in [0.25, 0.3) is 0 Å². The number of hydrogen-bond acceptors (Lipinski definition) is 5. The van der Waals surface area contributed by atoms with Crippen molar-refractivity contribution in [3.63, 3.8) is 0 Å². The highest BCUT2D eigenvalue weighted by atomic mass is 16.6. The molecule has 118 valence electrons. The number of ether oxygens (including phenoxy) is 2. The number of anilines is 1. The number of nitrogens with one attached hydrogen (secondary N) is 2. The van der Waals surface area contributed by atoms with Gasteiger partial charge in [0.2, 0.25) is 5.91 Å². The molecule has 1 aromatic carbocycles. The van der Waals surface area contributed by atoms with E-state index in [0.717, 1.165) is 0 Å². The molecule has 0 unspecified atom stereocenters. The van der Waals surface area contributed by atoms with Gasteiger partial charge >= 0.3 is 6.09 Å². The zero-order valence-electron chi connectivity index (χ0n) is 13.0. The Morgan fingerprint density at radius 1 is 1.32 bits per heavy atom. The van der Waals surface area contributed by atoms with E-state index >= 15 is 0 Å². The minimum Gasteiger partial charge on any atom is -0.495 e. The Labute approximate surface area is 129 Å². The minimum absolute atomic E-state index is 0.238. The van der Waals surface area contributed by atoms with Crippen LogP contribution in [-0.4, -0.2) is 31.3 Å². The van der Waals surface area contributed by atoms with Crippen molar-refractivity contribution in [2.24, 2.45) is 0 Å². The largest absolute Gasteiger partial charge is 0.495 e. The van der Waals surface area contributed by atoms with Gasteiger partial charge in [-0.15, -0.1) is 0 Å². The quantitative estimate of drug-likeness (QED) is 0.886. The number of nitriles is 1. The second-order valence-corrected chi connectivity index (χ2v) is 5.43. The zero-order chi connectivity index (χ0) is 16.8. The van der Waals surface area contributed by atoms with Crippen LogP contribution in [0.5, 0.6) is 5.75 Å². The van der Waals surface area contributed by atoms with Crippen LogP contribution < -0.4 is 15.4 Å². The normalized spacial score (nSPS) is 10.3. The number of hydrogen-bond donors (Lipinski definition) is 2. The molecule has 0 aromatic heterocycles. The molecule has 0 bridgehead atoms. The lowest BCUT2D eigenvalue weighted by Gasteiger charge is -2.19. The lowest BCUT2D eigenvalue weighted by molar-refractivity contribution is -0.115. The average Bonchev–Trinajstić information content (AvgIpc) is 2.43. The topological polar surface area (TPSA) is 100 Å². The van der Waals surface area contributed by atoms with E-state index in [1.165, 1.54) is 13.2 Å². The highest BCUT2D eigenvalue weighted by Gasteiger charge is 2.17. The molecule has 0 spiro atoms. The minimum atomic E-state index is -0.672. The Bertz CT molecular complexity index is 600. The lowest BCUT2D eigenvalue weighted by atomic mass is 10.2. The van der Waals surface area contributed by atoms with Crippen LogP contribution in [0.4, 0.5) is 10.5 Å². The van der Waals surface area contributed by atoms with Gasteiger partial charge in [0.1, 0.15) is 17.9 Å². The monoisotopic (exact) mass is 305 g/mol. The molecule has 0 heterocycles. The molecule has 0 aliphatic carbocycles. The van der Waals surface area contributed by atoms with Crippen molar-refractivity contribution >= 4 is 17.7 Å². The van der Waals surface area contributed by atoms with Gasteiger partial charge in [0.15, 0.2) is 0 Å². The van der Waals surface area contributed by atoms with E-state index in [9.17, 15) is 9.59 Å². The number of benzene rings is 1. The van der Waals surface area contributed by atoms with Crippen LogP contribution in [0.2, 0.25) is 0 Å². The second kappa shape index (κ2) is 7.31. The van der Waals surface area contributed by atoms with E-state index in [2.05, 4.69) is 10.6 Å². The number of rotatable bonds is 4. The first-order chi connectivity index (χ1) is 10.2. The third-order valence-electron chi connectivity index (χ3n) is 2.40. The lowest BCUT2D eigenvalue weighted by Crippen LogP contribution is -2.37. The highest BCUT2D eigenvalue weighted by molar-refractivity contribution is 5.95. The summed E-state index contributed by atoms with van der Waals surface area (Å²) in [5.41, 5.74) is 0.205. The summed E-state index contributed by atoms with van der Waals surface area (Å²) in [6.07, 6.45) is -0.672. The molecular weight excluding hydrogens is 286 g/mol. The molecule has 0 fully saturated rings. The van der Waals surface area contributed by atoms with Gasteiger partial charge < -0.3 is 20.1 Å². The van der Waals surface area contributed by atoms with E-state index in [1.807, 2.05) is 6.07 Å². The van der Waals surface area contributed by atoms with Gasteiger partial charge in [-0.1, -0.05) is 0 Å². The van der Waals surface area contributed by atoms with Crippen LogP contribution in [0.1, 0.15) is 26.3 Å². The van der Waals surface area contributed by atoms with E-state index in [4.69, 9.17) is 14.7 Å². The molecule has 2 amide bonds. The maximum Gasteiger partial charge on any atom is 0.408 e. The smallest absolute Gasteiger partial charge is 0.408 e. The zero-order valence-corrected chi connectivity index (χ0v) is 13.0. The Balaban J connectivity index is 2.59. The Morgan fingerprint density at radius 2 is 2.00 bits per heavy atom. The van der Waals surface area contributed by atoms with E-state index < -0.39 is 17.6 Å². The van der Waals surface area contributed by atoms with E-state index in [-0.39, 0.29) is 6.54 Å². The fourth-order valence-corrected chi connectivity index (χ4v) is 1.53. The standard InChI is InChI=1S/C15H19N3O4/c1-15(2,3)22-14(20)17-9-13(19)18-11-6-5-10(8-16)7-12(11)21-4/h5-7H,9H2,1-4H3,(H,17,20)(H,18,19). The molecule has 7 nitrogen and oxygen atoms in total. The molecule has 2 N–H and O–H groups in total. The fourth-order valence-electron chi connectivity index (χ4n) is 1.53. The van der Waals surface area contributed by atoms with Crippen LogP contribution in [-0.2, 0) is 9.53 Å². The van der Waals surface area contributed by atoms with Gasteiger partial charge in [-0.2, -0.15) is 5.26 Å². The van der Waals surface area contributed by atoms with Gasteiger partial charge in [0.25, 0.3) is 0 Å². The number of alkyl carbamates (subject to hydrolysis) is 1. The van der Waals surface area contributed by atoms with Crippen molar-refractivity contribution < 1.29 is 19.1 Å². The Hall–Kier alpha value is -2.75. The molecule has 22 heavy (non-hydrogen) atoms. The maximum absolute atomic E-state index is 11.8. The van der Waals surface area contributed by atoms with Crippen molar-refractivity contribution in [2.75, 3.05) is 19.0 Å². The Morgan fingerprint density at radius 3 is 2.55 bits per heavy atom. The summed E-state index contributed by atoms with van der Waals surface area (Å²) < 4.78 is 10.1. The SMILES string of the molecule is COc1cc(C#N)ccc1NC(=O)CNC(=O)OC(C)(C)C. The summed E-state index contributed by atoms with van der Waals surface area (Å²) >= 11 is 0. The van der Waals surface area contributed by atoms with Crippen molar-refractivity contribution in [3.05, 3.63) is 23.8 Å². The summed E-state index contributed by atoms with van der Waals surface area (Å²) in [6, 6.07) is 6.60. The Kier molecular flexibility index (Phi) is 5.75. The van der Waals surface area contributed by atoms with Crippen molar-refractivity contribution in [1.29, 1.82) is 5.26 Å². The summed E-state index contributed by atoms with van der Waals surface area (Å²) in [6.45, 7) is 4.95. The predicted octanol–water partition coefficient (Wildman–Crippen LogP) is 2.03. The van der Waals surface area contributed by atoms with Gasteiger partial charge in [-0.3, -0.25) is 4.79 Å². The van der Waals surface area contributed by atoms with E-state index in [1.54, 1.807) is 32.9 Å². The summed E-state index contributed by atoms with van der Waals surface area (Å²) in [4.78, 5) is 23.3. The number of carbonyl (C=O) groups is 2. The first kappa shape index (κ1) is 17.3. The van der Waals surface area contributed by atoms with Crippen molar-refractivity contribution in [2.45, 2.75) is 26.4 Å². The summed E-state index contributed by atoms with van der Waals surface area (Å²) in [7, 11) is 1.44. The molecule has 1 rings (SSSR count). The number of nitrogens with zero attached hydrogens (tertiary/aromatic N) is 1. The van der Waals surface area contributed by atoms with Gasteiger partial charge in [-0.25, -0.2) is 4.79 Å². The van der Waals surface area contributed by atoms with Gasteiger partial charge in [0.05, 0.1) is 24.4 Å². The molecule has 0 aliphatic rings. The van der Waals surface area contributed by atoms with Crippen LogP contribution in [0, 0.1) is 11.3 Å². The van der Waals surface area contributed by atoms with Crippen molar-refractivity contribution in [1.82, 2.24) is 5.32 Å². The molecular formula is C15H19N3O4. The van der Waals surface area contributed by atoms with Crippen LogP contribution in [0.3, 0.4) is 0 Å². The van der Waals surface area contributed by atoms with Crippen molar-refractivity contribution in [3.8, 4) is 11.8 Å². The molecule has 1 aromatic rings. The summed E-state index contributed by atoms with van der Waals surface area (Å²) in [5.74, 6) is -0.0708. The number of carbonyl (C=O) groups excluding carboxylic acids is 2. The van der Waals surface area contributed by atoms with E-state index in [0.29, 0.717) is 17.0 Å². The number of methoxy groups -OCH3 is 1. The maximum atomic E-state index is 11.8. The van der Waals surface area contributed by atoms with Crippen LogP contribution >= 0.6 is 0 Å². The summed E-state index contributed by atoms with van der Waals surface area (Å²) in [5, 5.41) is 13.8. The van der Waals surface area contributed by atoms with Crippen LogP contribution in [0.15, 0.2) is 18.2 Å². The number of amides is 2. The molecule has 0 saturated carbocycles. The molecule has 7 heteroatoms. The third kappa shape index (κ3) is 5.71. The van der Waals surface area contributed by atoms with Gasteiger partial charge in [0, 0.05) is 6.07 Å². The molecule has 0 saturated heterocycles. The first-order valence-electron chi connectivity index (χ1n) is 6.60.